The van der Waals surface area contributed by atoms with Crippen LogP contribution in [0.15, 0.2) is 54.7 Å². The Kier molecular flexibility index (Phi) is 6.40. The number of carbonyl (C=O) groups is 1. The normalized spacial score (nSPS) is 21.2. The zero-order valence-electron chi connectivity index (χ0n) is 19.5. The minimum absolute atomic E-state index is 0.00438. The van der Waals surface area contributed by atoms with Gasteiger partial charge in [-0.2, -0.15) is 4.98 Å². The second-order valence-electron chi connectivity index (χ2n) is 8.98. The van der Waals surface area contributed by atoms with Gasteiger partial charge in [0.15, 0.2) is 0 Å². The highest BCUT2D eigenvalue weighted by molar-refractivity contribution is 6.31. The van der Waals surface area contributed by atoms with E-state index < -0.39 is 23.7 Å². The maximum atomic E-state index is 14.2. The molecule has 1 saturated heterocycles. The lowest BCUT2D eigenvalue weighted by Crippen LogP contribution is -2.44. The molecule has 2 atom stereocenters. The maximum absolute atomic E-state index is 14.2. The van der Waals surface area contributed by atoms with Crippen molar-refractivity contribution in [2.75, 3.05) is 43.4 Å². The first-order chi connectivity index (χ1) is 17.2. The first-order valence-electron chi connectivity index (χ1n) is 11.5. The van der Waals surface area contributed by atoms with Crippen LogP contribution in [0.25, 0.3) is 0 Å². The van der Waals surface area contributed by atoms with E-state index in [2.05, 4.69) is 32.1 Å². The largest absolute Gasteiger partial charge is 0.437 e. The zero-order chi connectivity index (χ0) is 25.4. The molecule has 36 heavy (non-hydrogen) atoms. The summed E-state index contributed by atoms with van der Waals surface area (Å²) in [6.07, 6.45) is 1.37. The van der Waals surface area contributed by atoms with Crippen LogP contribution in [0.1, 0.15) is 11.5 Å². The molecule has 188 valence electrons. The molecule has 0 radical (unpaired) electrons. The topological polar surface area (TPSA) is 96.6 Å². The smallest absolute Gasteiger partial charge is 0.268 e. The lowest BCUT2D eigenvalue weighted by atomic mass is 10.1. The Morgan fingerprint density at radius 2 is 1.83 bits per heavy atom. The monoisotopic (exact) mass is 514 g/mol. The first kappa shape index (κ1) is 24.2. The molecule has 3 N–H and O–H groups in total. The van der Waals surface area contributed by atoms with Gasteiger partial charge in [0.1, 0.15) is 16.7 Å². The molecule has 5 rings (SSSR count). The van der Waals surface area contributed by atoms with Crippen molar-refractivity contribution < 1.29 is 18.3 Å². The van der Waals surface area contributed by atoms with Crippen molar-refractivity contribution >= 4 is 34.8 Å². The van der Waals surface area contributed by atoms with Gasteiger partial charge in [-0.15, -0.1) is 0 Å². The molecule has 1 amide bonds. The summed E-state index contributed by atoms with van der Waals surface area (Å²) in [5, 5.41) is 3.22. The van der Waals surface area contributed by atoms with E-state index in [0.717, 1.165) is 37.6 Å². The van der Waals surface area contributed by atoms with Crippen molar-refractivity contribution in [1.82, 2.24) is 14.9 Å². The fraction of sp³-hybridized carbons (Fsp3) is 0.320. The number of anilines is 3. The molecule has 1 aromatic heterocycles. The summed E-state index contributed by atoms with van der Waals surface area (Å²) in [7, 11) is 2.12. The van der Waals surface area contributed by atoms with Gasteiger partial charge in [-0.3, -0.25) is 4.79 Å². The molecule has 2 unspecified atom stereocenters. The third kappa shape index (κ3) is 4.78. The molecule has 1 aliphatic heterocycles. The number of aromatic nitrogens is 2. The first-order valence-corrected chi connectivity index (χ1v) is 11.9. The lowest BCUT2D eigenvalue weighted by Gasteiger charge is -2.34. The van der Waals surface area contributed by atoms with E-state index in [0.29, 0.717) is 0 Å². The highest BCUT2D eigenvalue weighted by Gasteiger charge is 2.72. The number of piperazine rings is 1. The van der Waals surface area contributed by atoms with Crippen molar-refractivity contribution in [2.24, 2.45) is 11.7 Å². The lowest BCUT2D eigenvalue weighted by molar-refractivity contribution is -0.121. The average molecular weight is 515 g/mol. The van der Waals surface area contributed by atoms with Crippen LogP contribution in [0.3, 0.4) is 0 Å². The number of carbonyl (C=O) groups excluding carboxylic acids is 1. The molecule has 2 aliphatic rings. The predicted octanol–water partition coefficient (Wildman–Crippen LogP) is 4.25. The highest BCUT2D eigenvalue weighted by Crippen LogP contribution is 2.63. The summed E-state index contributed by atoms with van der Waals surface area (Å²) in [5.41, 5.74) is 7.23. The van der Waals surface area contributed by atoms with Crippen molar-refractivity contribution in [3.8, 4) is 11.6 Å². The van der Waals surface area contributed by atoms with E-state index in [9.17, 15) is 13.6 Å². The number of nitrogens with one attached hydrogen (secondary N) is 1. The second kappa shape index (κ2) is 9.51. The van der Waals surface area contributed by atoms with Crippen LogP contribution in [-0.2, 0) is 4.79 Å². The van der Waals surface area contributed by atoms with Gasteiger partial charge in [0.05, 0.1) is 12.1 Å². The third-order valence-corrected chi connectivity index (χ3v) is 6.78. The fourth-order valence-electron chi connectivity index (χ4n) is 4.43. The minimum atomic E-state index is -3.23. The molecule has 3 aromatic rings. The van der Waals surface area contributed by atoms with Crippen LogP contribution < -0.4 is 20.7 Å². The van der Waals surface area contributed by atoms with Crippen LogP contribution in [0.2, 0.25) is 5.02 Å². The number of amides is 1. The molecule has 1 aliphatic carbocycles. The Bertz CT molecular complexity index is 1270. The van der Waals surface area contributed by atoms with E-state index in [1.54, 1.807) is 12.1 Å². The minimum Gasteiger partial charge on any atom is -0.437 e. The number of benzene rings is 2. The summed E-state index contributed by atoms with van der Waals surface area (Å²) in [5.74, 6) is -6.87. The van der Waals surface area contributed by atoms with Crippen molar-refractivity contribution in [3.05, 3.63) is 65.3 Å². The van der Waals surface area contributed by atoms with Crippen molar-refractivity contribution in [1.29, 1.82) is 0 Å². The SMILES string of the molecule is CN1CCN(c2ccc(Nc3ncc(Cl)c(Oc4ccccc4C4C(C(N)=O)C4(F)F)n3)cc2)CC1. The molecule has 11 heteroatoms. The molecule has 2 heterocycles. The quantitative estimate of drug-likeness (QED) is 0.486. The van der Waals surface area contributed by atoms with Gasteiger partial charge in [0.25, 0.3) is 5.92 Å². The van der Waals surface area contributed by atoms with Gasteiger partial charge in [-0.1, -0.05) is 29.8 Å². The predicted molar refractivity (Wildman–Crippen MR) is 133 cm³/mol. The number of rotatable bonds is 7. The van der Waals surface area contributed by atoms with Crippen LogP contribution in [0.4, 0.5) is 26.1 Å². The van der Waals surface area contributed by atoms with Gasteiger partial charge in [0, 0.05) is 43.1 Å². The number of alkyl halides is 2. The molecule has 2 fully saturated rings. The van der Waals surface area contributed by atoms with Crippen LogP contribution in [-0.4, -0.2) is 59.9 Å². The number of para-hydroxylation sites is 1. The Hall–Kier alpha value is -3.50. The summed E-state index contributed by atoms with van der Waals surface area (Å²) >= 11 is 6.24. The number of nitrogens with zero attached hydrogens (tertiary/aromatic N) is 4. The number of ether oxygens (including phenoxy) is 1. The fourth-order valence-corrected chi connectivity index (χ4v) is 4.56. The summed E-state index contributed by atoms with van der Waals surface area (Å²) in [6, 6.07) is 14.1. The molecular formula is C25H25ClF2N6O2. The third-order valence-electron chi connectivity index (χ3n) is 6.52. The second-order valence-corrected chi connectivity index (χ2v) is 9.39. The molecule has 0 spiro atoms. The van der Waals surface area contributed by atoms with Crippen LogP contribution >= 0.6 is 11.6 Å². The van der Waals surface area contributed by atoms with Crippen molar-refractivity contribution in [2.45, 2.75) is 11.8 Å². The standard InChI is InChI=1S/C25H25ClF2N6O2/c1-33-10-12-34(13-11-33)16-8-6-15(7-9-16)31-24-30-14-18(26)23(32-24)36-19-5-3-2-4-17(19)20-21(22(29)35)25(20,27)28/h2-9,14,20-21H,10-13H2,1H3,(H2,29,35)(H,30,31,32). The van der Waals surface area contributed by atoms with Crippen LogP contribution in [0, 0.1) is 5.92 Å². The number of nitrogens with two attached hydrogens (primary N) is 1. The average Bonchev–Trinajstić information content (AvgIpc) is 3.44. The van der Waals surface area contributed by atoms with E-state index in [4.69, 9.17) is 22.1 Å². The Morgan fingerprint density at radius 1 is 1.14 bits per heavy atom. The van der Waals surface area contributed by atoms with E-state index in [1.165, 1.54) is 18.3 Å². The number of hydrogen-bond donors (Lipinski definition) is 2. The van der Waals surface area contributed by atoms with E-state index in [-0.39, 0.29) is 28.2 Å². The number of hydrogen-bond acceptors (Lipinski definition) is 7. The van der Waals surface area contributed by atoms with Gasteiger partial charge in [0.2, 0.25) is 17.7 Å². The Morgan fingerprint density at radius 3 is 2.50 bits per heavy atom. The molecular weight excluding hydrogens is 490 g/mol. The number of primary amides is 1. The summed E-state index contributed by atoms with van der Waals surface area (Å²) in [4.78, 5) is 24.6. The van der Waals surface area contributed by atoms with Gasteiger partial charge >= 0.3 is 0 Å². The van der Waals surface area contributed by atoms with Crippen LogP contribution in [0.5, 0.6) is 11.6 Å². The Labute approximate surface area is 212 Å². The number of likely N-dealkylation sites (N-methyl/N-ethyl adjacent to an activating group) is 1. The highest BCUT2D eigenvalue weighted by atomic mass is 35.5. The molecule has 1 saturated carbocycles. The van der Waals surface area contributed by atoms with Gasteiger partial charge in [-0.25, -0.2) is 13.8 Å². The van der Waals surface area contributed by atoms with E-state index >= 15 is 0 Å². The summed E-state index contributed by atoms with van der Waals surface area (Å²) in [6.45, 7) is 3.98. The Balaban J connectivity index is 1.32. The van der Waals surface area contributed by atoms with Gasteiger partial charge in [-0.05, 0) is 37.4 Å². The van der Waals surface area contributed by atoms with Crippen molar-refractivity contribution in [3.63, 3.8) is 0 Å². The summed E-state index contributed by atoms with van der Waals surface area (Å²) < 4.78 is 34.3. The van der Waals surface area contributed by atoms with Gasteiger partial charge < -0.3 is 25.6 Å². The zero-order valence-corrected chi connectivity index (χ0v) is 20.3. The number of halogens is 3. The van der Waals surface area contributed by atoms with E-state index in [1.807, 2.05) is 24.3 Å². The molecule has 8 nitrogen and oxygen atoms in total. The molecule has 0 bridgehead atoms. The molecule has 2 aromatic carbocycles. The maximum Gasteiger partial charge on any atom is 0.268 e.